The monoisotopic (exact) mass is 281 g/mol. The van der Waals surface area contributed by atoms with E-state index >= 15 is 0 Å². The van der Waals surface area contributed by atoms with Gasteiger partial charge in [-0.3, -0.25) is 10.2 Å². The molecule has 20 heavy (non-hydrogen) atoms. The van der Waals surface area contributed by atoms with E-state index in [2.05, 4.69) is 50.9 Å². The number of morpholine rings is 1. The fourth-order valence-corrected chi connectivity index (χ4v) is 2.98. The van der Waals surface area contributed by atoms with Crippen LogP contribution in [0.3, 0.4) is 0 Å². The van der Waals surface area contributed by atoms with Crippen LogP contribution in [0.2, 0.25) is 0 Å². The first kappa shape index (κ1) is 17.4. The third kappa shape index (κ3) is 5.40. The minimum atomic E-state index is -0.365. The molecule has 1 N–H and O–H groups in total. The predicted octanol–water partition coefficient (Wildman–Crippen LogP) is 2.55. The zero-order valence-electron chi connectivity index (χ0n) is 13.8. The second-order valence-electron chi connectivity index (χ2n) is 6.83. The Morgan fingerprint density at radius 1 is 1.45 bits per heavy atom. The molecule has 0 bridgehead atoms. The first-order valence-electron chi connectivity index (χ1n) is 7.88. The number of nitrogens with one attached hydrogen (secondary N) is 1. The van der Waals surface area contributed by atoms with Crippen LogP contribution in [0, 0.1) is 11.3 Å². The van der Waals surface area contributed by atoms with Crippen molar-refractivity contribution in [3.8, 4) is 6.07 Å². The highest BCUT2D eigenvalue weighted by Gasteiger charge is 2.30. The average molecular weight is 281 g/mol. The molecule has 1 rings (SSSR count). The summed E-state index contributed by atoms with van der Waals surface area (Å²) in [7, 11) is 0. The molecular formula is C16H31N3O. The van der Waals surface area contributed by atoms with Crippen molar-refractivity contribution >= 4 is 0 Å². The van der Waals surface area contributed by atoms with E-state index in [1.54, 1.807) is 0 Å². The van der Waals surface area contributed by atoms with Crippen molar-refractivity contribution in [1.29, 1.82) is 5.26 Å². The Hall–Kier alpha value is -0.630. The third-order valence-electron chi connectivity index (χ3n) is 3.97. The second-order valence-corrected chi connectivity index (χ2v) is 6.83. The molecule has 0 saturated carbocycles. The van der Waals surface area contributed by atoms with Crippen molar-refractivity contribution in [2.24, 2.45) is 0 Å². The Bertz CT molecular complexity index is 335. The van der Waals surface area contributed by atoms with Crippen molar-refractivity contribution < 1.29 is 4.74 Å². The van der Waals surface area contributed by atoms with Gasteiger partial charge in [0, 0.05) is 19.1 Å². The van der Waals surface area contributed by atoms with Crippen molar-refractivity contribution in [2.75, 3.05) is 26.2 Å². The maximum atomic E-state index is 9.50. The molecule has 1 aliphatic heterocycles. The number of hydrogen-bond acceptors (Lipinski definition) is 4. The van der Waals surface area contributed by atoms with Gasteiger partial charge < -0.3 is 4.74 Å². The lowest BCUT2D eigenvalue weighted by Gasteiger charge is -2.38. The Kier molecular flexibility index (Phi) is 6.44. The van der Waals surface area contributed by atoms with Crippen LogP contribution in [0.4, 0.5) is 0 Å². The van der Waals surface area contributed by atoms with Crippen molar-refractivity contribution in [1.82, 2.24) is 10.2 Å². The summed E-state index contributed by atoms with van der Waals surface area (Å²) >= 11 is 0. The zero-order chi connectivity index (χ0) is 15.2. The number of rotatable bonds is 7. The van der Waals surface area contributed by atoms with E-state index < -0.39 is 0 Å². The molecule has 0 aromatic heterocycles. The summed E-state index contributed by atoms with van der Waals surface area (Å²) in [6.07, 6.45) is 2.82. The third-order valence-corrected chi connectivity index (χ3v) is 3.97. The van der Waals surface area contributed by atoms with E-state index in [0.717, 1.165) is 45.5 Å². The second kappa shape index (κ2) is 7.40. The Morgan fingerprint density at radius 3 is 2.65 bits per heavy atom. The number of nitriles is 1. The van der Waals surface area contributed by atoms with Crippen LogP contribution in [0.1, 0.15) is 53.9 Å². The van der Waals surface area contributed by atoms with E-state index in [1.165, 1.54) is 0 Å². The molecule has 0 amide bonds. The topological polar surface area (TPSA) is 48.3 Å². The fourth-order valence-electron chi connectivity index (χ4n) is 2.98. The Labute approximate surface area is 124 Å². The van der Waals surface area contributed by atoms with Crippen molar-refractivity contribution in [3.63, 3.8) is 0 Å². The van der Waals surface area contributed by atoms with E-state index in [9.17, 15) is 5.26 Å². The summed E-state index contributed by atoms with van der Waals surface area (Å²) in [4.78, 5) is 2.46. The summed E-state index contributed by atoms with van der Waals surface area (Å²) in [6, 6.07) is 2.84. The van der Waals surface area contributed by atoms with E-state index in [1.807, 2.05) is 0 Å². The number of nitrogens with zero attached hydrogens (tertiary/aromatic N) is 2. The van der Waals surface area contributed by atoms with Crippen LogP contribution in [0.5, 0.6) is 0 Å². The lowest BCUT2D eigenvalue weighted by molar-refractivity contribution is -0.0862. The van der Waals surface area contributed by atoms with E-state index in [-0.39, 0.29) is 11.1 Å². The van der Waals surface area contributed by atoms with E-state index in [0.29, 0.717) is 6.04 Å². The maximum absolute atomic E-state index is 9.50. The Balaban J connectivity index is 2.43. The van der Waals surface area contributed by atoms with Gasteiger partial charge in [-0.25, -0.2) is 0 Å². The minimum absolute atomic E-state index is 0.0362. The summed E-state index contributed by atoms with van der Waals surface area (Å²) in [5, 5.41) is 12.9. The standard InChI is InChI=1S/C16H31N3O/c1-6-16(12-17,18-14(2)3)8-7-9-19-10-11-20-15(4,5)13-19/h14,18H,6-11,13H2,1-5H3. The van der Waals surface area contributed by atoms with Crippen LogP contribution in [0.15, 0.2) is 0 Å². The Morgan fingerprint density at radius 2 is 2.15 bits per heavy atom. The molecule has 0 aromatic carbocycles. The molecule has 4 nitrogen and oxygen atoms in total. The van der Waals surface area contributed by atoms with Crippen LogP contribution >= 0.6 is 0 Å². The van der Waals surface area contributed by atoms with Crippen molar-refractivity contribution in [3.05, 3.63) is 0 Å². The highest BCUT2D eigenvalue weighted by molar-refractivity contribution is 5.06. The molecular weight excluding hydrogens is 250 g/mol. The molecule has 0 aromatic rings. The quantitative estimate of drug-likeness (QED) is 0.779. The highest BCUT2D eigenvalue weighted by atomic mass is 16.5. The molecule has 0 aliphatic carbocycles. The fraction of sp³-hybridized carbons (Fsp3) is 0.938. The molecule has 1 aliphatic rings. The van der Waals surface area contributed by atoms with E-state index in [4.69, 9.17) is 4.74 Å². The normalized spacial score (nSPS) is 22.4. The van der Waals surface area contributed by atoms with Gasteiger partial charge in [0.2, 0.25) is 0 Å². The molecule has 1 saturated heterocycles. The highest BCUT2D eigenvalue weighted by Crippen LogP contribution is 2.20. The largest absolute Gasteiger partial charge is 0.373 e. The van der Waals surface area contributed by atoms with Crippen LogP contribution in [-0.4, -0.2) is 48.3 Å². The summed E-state index contributed by atoms with van der Waals surface area (Å²) in [5.41, 5.74) is -0.401. The van der Waals surface area contributed by atoms with Gasteiger partial charge in [0.25, 0.3) is 0 Å². The molecule has 1 fully saturated rings. The van der Waals surface area contributed by atoms with Gasteiger partial charge >= 0.3 is 0 Å². The molecule has 1 atom stereocenters. The van der Waals surface area contributed by atoms with Gasteiger partial charge in [0.05, 0.1) is 18.3 Å². The predicted molar refractivity (Wildman–Crippen MR) is 82.6 cm³/mol. The number of hydrogen-bond donors (Lipinski definition) is 1. The summed E-state index contributed by atoms with van der Waals surface area (Å²) in [6.45, 7) is 14.4. The van der Waals surface area contributed by atoms with Gasteiger partial charge in [-0.15, -0.1) is 0 Å². The lowest BCUT2D eigenvalue weighted by Crippen LogP contribution is -2.50. The molecule has 116 valence electrons. The molecule has 1 heterocycles. The number of ether oxygens (including phenoxy) is 1. The lowest BCUT2D eigenvalue weighted by atomic mass is 9.91. The maximum Gasteiger partial charge on any atom is 0.106 e. The minimum Gasteiger partial charge on any atom is -0.373 e. The smallest absolute Gasteiger partial charge is 0.106 e. The average Bonchev–Trinajstić information content (AvgIpc) is 2.36. The SMILES string of the molecule is CCC(C#N)(CCCN1CCOC(C)(C)C1)NC(C)C. The van der Waals surface area contributed by atoms with Crippen LogP contribution < -0.4 is 5.32 Å². The van der Waals surface area contributed by atoms with Gasteiger partial charge in [-0.2, -0.15) is 5.26 Å². The first-order chi connectivity index (χ1) is 9.32. The van der Waals surface area contributed by atoms with Gasteiger partial charge in [0.15, 0.2) is 0 Å². The molecule has 0 radical (unpaired) electrons. The van der Waals surface area contributed by atoms with Crippen molar-refractivity contribution in [2.45, 2.75) is 71.1 Å². The first-order valence-corrected chi connectivity index (χ1v) is 7.88. The molecule has 4 heteroatoms. The zero-order valence-corrected chi connectivity index (χ0v) is 13.8. The summed E-state index contributed by atoms with van der Waals surface area (Å²) < 4.78 is 5.73. The van der Waals surface area contributed by atoms with Crippen LogP contribution in [-0.2, 0) is 4.74 Å². The molecule has 0 spiro atoms. The summed E-state index contributed by atoms with van der Waals surface area (Å²) in [5.74, 6) is 0. The van der Waals surface area contributed by atoms with Gasteiger partial charge in [-0.05, 0) is 53.5 Å². The molecule has 1 unspecified atom stereocenters. The van der Waals surface area contributed by atoms with Gasteiger partial charge in [0.1, 0.15) is 5.54 Å². The van der Waals surface area contributed by atoms with Crippen LogP contribution in [0.25, 0.3) is 0 Å². The van der Waals surface area contributed by atoms with Gasteiger partial charge in [-0.1, -0.05) is 6.92 Å².